The second-order valence-corrected chi connectivity index (χ2v) is 5.49. The molecule has 1 fully saturated rings. The van der Waals surface area contributed by atoms with Crippen molar-refractivity contribution in [3.8, 4) is 0 Å². The van der Waals surface area contributed by atoms with Gasteiger partial charge in [0.1, 0.15) is 0 Å². The van der Waals surface area contributed by atoms with Crippen LogP contribution in [0, 0.1) is 5.92 Å². The summed E-state index contributed by atoms with van der Waals surface area (Å²) < 4.78 is 5.36. The lowest BCUT2D eigenvalue weighted by atomic mass is 10.0. The van der Waals surface area contributed by atoms with Crippen LogP contribution in [0.1, 0.15) is 64.1 Å². The highest BCUT2D eigenvalue weighted by molar-refractivity contribution is 5.00. The van der Waals surface area contributed by atoms with E-state index < -0.39 is 0 Å². The van der Waals surface area contributed by atoms with E-state index in [2.05, 4.69) is 36.2 Å². The van der Waals surface area contributed by atoms with Gasteiger partial charge >= 0.3 is 0 Å². The Hall–Kier alpha value is -0.900. The molecule has 1 aliphatic rings. The second-order valence-electron chi connectivity index (χ2n) is 5.49. The molecule has 0 bridgehead atoms. The summed E-state index contributed by atoms with van der Waals surface area (Å²) in [6, 6.07) is 0.398. The molecule has 0 saturated heterocycles. The van der Waals surface area contributed by atoms with Crippen molar-refractivity contribution in [3.63, 3.8) is 0 Å². The molecule has 4 heteroatoms. The van der Waals surface area contributed by atoms with E-state index in [1.54, 1.807) is 0 Å². The minimum atomic E-state index is 0.398. The predicted octanol–water partition coefficient (Wildman–Crippen LogP) is 2.90. The van der Waals surface area contributed by atoms with Crippen LogP contribution in [-0.2, 0) is 6.42 Å². The van der Waals surface area contributed by atoms with Gasteiger partial charge in [0.05, 0.1) is 0 Å². The van der Waals surface area contributed by atoms with Gasteiger partial charge in [-0.2, -0.15) is 4.98 Å². The zero-order chi connectivity index (χ0) is 13.0. The van der Waals surface area contributed by atoms with Crippen molar-refractivity contribution >= 4 is 0 Å². The van der Waals surface area contributed by atoms with Crippen LogP contribution in [0.4, 0.5) is 0 Å². The van der Waals surface area contributed by atoms with E-state index >= 15 is 0 Å². The standard InChI is InChI=1S/C14H25N3O/c1-4-11-6-7-12(9-11)14-16-13(18-17-14)8-10(3)15-5-2/h10-12,15H,4-9H2,1-3H3. The topological polar surface area (TPSA) is 51.0 Å². The van der Waals surface area contributed by atoms with Gasteiger partial charge in [-0.15, -0.1) is 0 Å². The van der Waals surface area contributed by atoms with Gasteiger partial charge in [0, 0.05) is 18.4 Å². The highest BCUT2D eigenvalue weighted by atomic mass is 16.5. The fourth-order valence-corrected chi connectivity index (χ4v) is 2.88. The Labute approximate surface area is 110 Å². The summed E-state index contributed by atoms with van der Waals surface area (Å²) in [7, 11) is 0. The molecule has 0 amide bonds. The van der Waals surface area contributed by atoms with Gasteiger partial charge in [-0.05, 0) is 38.6 Å². The third kappa shape index (κ3) is 3.31. The summed E-state index contributed by atoms with van der Waals surface area (Å²) >= 11 is 0. The molecule has 0 aliphatic heterocycles. The Kier molecular flexibility index (Phi) is 4.75. The first-order valence-electron chi connectivity index (χ1n) is 7.28. The van der Waals surface area contributed by atoms with E-state index in [1.807, 2.05) is 0 Å². The van der Waals surface area contributed by atoms with Crippen LogP contribution in [0.25, 0.3) is 0 Å². The molecule has 1 heterocycles. The first kappa shape index (κ1) is 13.5. The first-order chi connectivity index (χ1) is 8.72. The maximum Gasteiger partial charge on any atom is 0.228 e. The van der Waals surface area contributed by atoms with Gasteiger partial charge in [0.2, 0.25) is 5.89 Å². The maximum absolute atomic E-state index is 5.36. The monoisotopic (exact) mass is 251 g/mol. The van der Waals surface area contributed by atoms with Crippen LogP contribution < -0.4 is 5.32 Å². The highest BCUT2D eigenvalue weighted by Crippen LogP contribution is 2.38. The Balaban J connectivity index is 1.90. The van der Waals surface area contributed by atoms with Crippen LogP contribution in [0.5, 0.6) is 0 Å². The van der Waals surface area contributed by atoms with Crippen molar-refractivity contribution in [2.24, 2.45) is 5.92 Å². The van der Waals surface area contributed by atoms with Crippen molar-refractivity contribution < 1.29 is 4.52 Å². The summed E-state index contributed by atoms with van der Waals surface area (Å²) in [6.07, 6.45) is 5.88. The number of hydrogen-bond acceptors (Lipinski definition) is 4. The number of likely N-dealkylation sites (N-methyl/N-ethyl adjacent to an activating group) is 1. The normalized spacial score (nSPS) is 25.5. The average Bonchev–Trinajstić information content (AvgIpc) is 2.96. The zero-order valence-corrected chi connectivity index (χ0v) is 11.8. The molecule has 1 aromatic heterocycles. The number of aromatic nitrogens is 2. The molecular weight excluding hydrogens is 226 g/mol. The molecule has 2 rings (SSSR count). The molecule has 1 aliphatic carbocycles. The Morgan fingerprint density at radius 2 is 2.22 bits per heavy atom. The molecule has 3 unspecified atom stereocenters. The molecule has 3 atom stereocenters. The lowest BCUT2D eigenvalue weighted by molar-refractivity contribution is 0.355. The molecular formula is C14H25N3O. The molecule has 18 heavy (non-hydrogen) atoms. The average molecular weight is 251 g/mol. The zero-order valence-electron chi connectivity index (χ0n) is 11.8. The summed E-state index contributed by atoms with van der Waals surface area (Å²) in [5.74, 6) is 3.10. The Bertz CT molecular complexity index is 364. The summed E-state index contributed by atoms with van der Waals surface area (Å²) in [4.78, 5) is 4.57. The molecule has 102 valence electrons. The largest absolute Gasteiger partial charge is 0.339 e. The van der Waals surface area contributed by atoms with E-state index in [-0.39, 0.29) is 0 Å². The van der Waals surface area contributed by atoms with Gasteiger partial charge in [-0.3, -0.25) is 0 Å². The van der Waals surface area contributed by atoms with Crippen LogP contribution in [0.3, 0.4) is 0 Å². The van der Waals surface area contributed by atoms with Crippen molar-refractivity contribution in [1.82, 2.24) is 15.5 Å². The van der Waals surface area contributed by atoms with Gasteiger partial charge in [-0.1, -0.05) is 25.4 Å². The lowest BCUT2D eigenvalue weighted by Gasteiger charge is -2.08. The van der Waals surface area contributed by atoms with E-state index in [1.165, 1.54) is 25.7 Å². The van der Waals surface area contributed by atoms with E-state index in [9.17, 15) is 0 Å². The third-order valence-electron chi connectivity index (χ3n) is 4.00. The number of rotatable bonds is 6. The predicted molar refractivity (Wildman–Crippen MR) is 71.5 cm³/mol. The van der Waals surface area contributed by atoms with Crippen molar-refractivity contribution in [2.45, 2.75) is 64.8 Å². The molecule has 0 radical (unpaired) electrons. The van der Waals surface area contributed by atoms with Gasteiger partial charge in [0.15, 0.2) is 5.82 Å². The van der Waals surface area contributed by atoms with Crippen LogP contribution in [-0.4, -0.2) is 22.7 Å². The molecule has 4 nitrogen and oxygen atoms in total. The van der Waals surface area contributed by atoms with Crippen LogP contribution >= 0.6 is 0 Å². The van der Waals surface area contributed by atoms with E-state index in [4.69, 9.17) is 4.52 Å². The lowest BCUT2D eigenvalue weighted by Crippen LogP contribution is -2.27. The third-order valence-corrected chi connectivity index (χ3v) is 4.00. The molecule has 1 N–H and O–H groups in total. The van der Waals surface area contributed by atoms with Crippen molar-refractivity contribution in [1.29, 1.82) is 0 Å². The smallest absolute Gasteiger partial charge is 0.228 e. The molecule has 0 spiro atoms. The number of nitrogens with zero attached hydrogens (tertiary/aromatic N) is 2. The minimum Gasteiger partial charge on any atom is -0.339 e. The maximum atomic E-state index is 5.36. The van der Waals surface area contributed by atoms with Crippen LogP contribution in [0.15, 0.2) is 4.52 Å². The van der Waals surface area contributed by atoms with E-state index in [0.717, 1.165) is 30.6 Å². The Morgan fingerprint density at radius 1 is 1.39 bits per heavy atom. The van der Waals surface area contributed by atoms with Gasteiger partial charge in [-0.25, -0.2) is 0 Å². The number of nitrogens with one attached hydrogen (secondary N) is 1. The fraction of sp³-hybridized carbons (Fsp3) is 0.857. The first-order valence-corrected chi connectivity index (χ1v) is 7.28. The van der Waals surface area contributed by atoms with E-state index in [0.29, 0.717) is 12.0 Å². The highest BCUT2D eigenvalue weighted by Gasteiger charge is 2.28. The van der Waals surface area contributed by atoms with Crippen LogP contribution in [0.2, 0.25) is 0 Å². The SMILES string of the molecule is CCNC(C)Cc1nc(C2CCC(CC)C2)no1. The summed E-state index contributed by atoms with van der Waals surface area (Å²) in [5.41, 5.74) is 0. The fourth-order valence-electron chi connectivity index (χ4n) is 2.88. The van der Waals surface area contributed by atoms with Gasteiger partial charge < -0.3 is 9.84 Å². The number of hydrogen-bond donors (Lipinski definition) is 1. The molecule has 1 aromatic rings. The minimum absolute atomic E-state index is 0.398. The Morgan fingerprint density at radius 3 is 2.89 bits per heavy atom. The molecule has 0 aromatic carbocycles. The molecule has 1 saturated carbocycles. The van der Waals surface area contributed by atoms with Gasteiger partial charge in [0.25, 0.3) is 0 Å². The van der Waals surface area contributed by atoms with Crippen molar-refractivity contribution in [2.75, 3.05) is 6.54 Å². The van der Waals surface area contributed by atoms with Crippen molar-refractivity contribution in [3.05, 3.63) is 11.7 Å². The quantitative estimate of drug-likeness (QED) is 0.844. The summed E-state index contributed by atoms with van der Waals surface area (Å²) in [5, 5.41) is 7.53. The second kappa shape index (κ2) is 6.32. The summed E-state index contributed by atoms with van der Waals surface area (Å²) in [6.45, 7) is 7.50.